The Kier molecular flexibility index (Phi) is 6.44. The summed E-state index contributed by atoms with van der Waals surface area (Å²) < 4.78 is 13.1. The predicted octanol–water partition coefficient (Wildman–Crippen LogP) is 4.96. The molecule has 0 fully saturated rings. The maximum atomic E-state index is 13.1. The van der Waals surface area contributed by atoms with Gasteiger partial charge in [0.05, 0.1) is 4.88 Å². The van der Waals surface area contributed by atoms with Gasteiger partial charge in [-0.25, -0.2) is 4.39 Å². The minimum atomic E-state index is -0.285. The lowest BCUT2D eigenvalue weighted by Crippen LogP contribution is -2.32. The highest BCUT2D eigenvalue weighted by Gasteiger charge is 2.14. The SMILES string of the molecule is CC(C)N(C)C(=O)c1ccc(CNC(=O)c2ccc(-c3ccc(F)cc3)s2)cc1. The Hall–Kier alpha value is -2.99. The number of carbonyl (C=O) groups is 2. The van der Waals surface area contributed by atoms with E-state index < -0.39 is 0 Å². The van der Waals surface area contributed by atoms with Gasteiger partial charge in [-0.3, -0.25) is 9.59 Å². The van der Waals surface area contributed by atoms with Crippen LogP contribution in [-0.4, -0.2) is 29.8 Å². The molecule has 2 amide bonds. The first-order valence-electron chi connectivity index (χ1n) is 9.35. The lowest BCUT2D eigenvalue weighted by molar-refractivity contribution is 0.0754. The summed E-state index contributed by atoms with van der Waals surface area (Å²) in [6.45, 7) is 4.30. The normalized spacial score (nSPS) is 10.8. The van der Waals surface area contributed by atoms with E-state index in [4.69, 9.17) is 0 Å². The number of hydrogen-bond acceptors (Lipinski definition) is 3. The van der Waals surface area contributed by atoms with Crippen LogP contribution in [0, 0.1) is 5.82 Å². The summed E-state index contributed by atoms with van der Waals surface area (Å²) in [5.74, 6) is -0.475. The molecule has 3 aromatic rings. The Labute approximate surface area is 174 Å². The van der Waals surface area contributed by atoms with Crippen molar-refractivity contribution in [1.29, 1.82) is 0 Å². The topological polar surface area (TPSA) is 49.4 Å². The number of carbonyl (C=O) groups excluding carboxylic acids is 2. The highest BCUT2D eigenvalue weighted by Crippen LogP contribution is 2.28. The van der Waals surface area contributed by atoms with Gasteiger partial charge in [-0.05, 0) is 61.4 Å². The summed E-state index contributed by atoms with van der Waals surface area (Å²) in [5, 5.41) is 2.89. The molecule has 0 saturated carbocycles. The maximum absolute atomic E-state index is 13.1. The first-order chi connectivity index (χ1) is 13.8. The van der Waals surface area contributed by atoms with Gasteiger partial charge in [0.25, 0.3) is 11.8 Å². The second kappa shape index (κ2) is 9.01. The van der Waals surface area contributed by atoms with Crippen LogP contribution in [0.2, 0.25) is 0 Å². The standard InChI is InChI=1S/C23H23FN2O2S/c1-15(2)26(3)23(28)18-6-4-16(5-7-18)14-25-22(27)21-13-12-20(29-21)17-8-10-19(24)11-9-17/h4-13,15H,14H2,1-3H3,(H,25,27). The molecule has 29 heavy (non-hydrogen) atoms. The van der Waals surface area contributed by atoms with Crippen LogP contribution in [0.4, 0.5) is 4.39 Å². The third-order valence-electron chi connectivity index (χ3n) is 4.71. The van der Waals surface area contributed by atoms with Crippen LogP contribution in [0.25, 0.3) is 10.4 Å². The van der Waals surface area contributed by atoms with Gasteiger partial charge in [0.2, 0.25) is 0 Å². The Morgan fingerprint density at radius 2 is 1.66 bits per heavy atom. The summed E-state index contributed by atoms with van der Waals surface area (Å²) in [5.41, 5.74) is 2.41. The zero-order chi connectivity index (χ0) is 21.0. The number of nitrogens with one attached hydrogen (secondary N) is 1. The lowest BCUT2D eigenvalue weighted by Gasteiger charge is -2.21. The number of halogens is 1. The van der Waals surface area contributed by atoms with E-state index in [1.165, 1.54) is 23.5 Å². The fourth-order valence-corrected chi connectivity index (χ4v) is 3.63. The van der Waals surface area contributed by atoms with Gasteiger partial charge in [0, 0.05) is 30.1 Å². The third-order valence-corrected chi connectivity index (χ3v) is 5.84. The van der Waals surface area contributed by atoms with Crippen molar-refractivity contribution in [2.45, 2.75) is 26.4 Å². The number of nitrogens with zero attached hydrogens (tertiary/aromatic N) is 1. The molecule has 4 nitrogen and oxygen atoms in total. The third kappa shape index (κ3) is 5.09. The van der Waals surface area contributed by atoms with Crippen LogP contribution in [0.15, 0.2) is 60.7 Å². The fraction of sp³-hybridized carbons (Fsp3) is 0.217. The summed E-state index contributed by atoms with van der Waals surface area (Å²) in [7, 11) is 1.78. The summed E-state index contributed by atoms with van der Waals surface area (Å²) >= 11 is 1.36. The summed E-state index contributed by atoms with van der Waals surface area (Å²) in [4.78, 5) is 27.9. The van der Waals surface area contributed by atoms with E-state index in [0.29, 0.717) is 17.0 Å². The van der Waals surface area contributed by atoms with Gasteiger partial charge in [-0.2, -0.15) is 0 Å². The number of amides is 2. The molecule has 0 spiro atoms. The van der Waals surface area contributed by atoms with Gasteiger partial charge in [0.1, 0.15) is 5.82 Å². The van der Waals surface area contributed by atoms with Crippen molar-refractivity contribution >= 4 is 23.2 Å². The highest BCUT2D eigenvalue weighted by atomic mass is 32.1. The Morgan fingerprint density at radius 3 is 2.28 bits per heavy atom. The van der Waals surface area contributed by atoms with Crippen LogP contribution in [0.1, 0.15) is 39.4 Å². The van der Waals surface area contributed by atoms with Crippen molar-refractivity contribution in [2.75, 3.05) is 7.05 Å². The van der Waals surface area contributed by atoms with E-state index >= 15 is 0 Å². The molecule has 0 unspecified atom stereocenters. The van der Waals surface area contributed by atoms with Gasteiger partial charge in [-0.1, -0.05) is 24.3 Å². The van der Waals surface area contributed by atoms with E-state index in [9.17, 15) is 14.0 Å². The molecular weight excluding hydrogens is 387 g/mol. The number of benzene rings is 2. The van der Waals surface area contributed by atoms with E-state index in [-0.39, 0.29) is 23.7 Å². The molecule has 0 bridgehead atoms. The Bertz CT molecular complexity index is 994. The van der Waals surface area contributed by atoms with Crippen molar-refractivity contribution in [3.8, 4) is 10.4 Å². The van der Waals surface area contributed by atoms with E-state index in [1.807, 2.05) is 32.0 Å². The molecular formula is C23H23FN2O2S. The molecule has 1 aromatic heterocycles. The van der Waals surface area contributed by atoms with E-state index in [1.54, 1.807) is 42.3 Å². The van der Waals surface area contributed by atoms with E-state index in [2.05, 4.69) is 5.32 Å². The highest BCUT2D eigenvalue weighted by molar-refractivity contribution is 7.17. The average molecular weight is 411 g/mol. The molecule has 2 aromatic carbocycles. The molecule has 0 aliphatic heterocycles. The van der Waals surface area contributed by atoms with Crippen molar-refractivity contribution < 1.29 is 14.0 Å². The number of thiophene rings is 1. The Morgan fingerprint density at radius 1 is 1.00 bits per heavy atom. The van der Waals surface area contributed by atoms with Crippen LogP contribution in [0.3, 0.4) is 0 Å². The van der Waals surface area contributed by atoms with Crippen molar-refractivity contribution in [2.24, 2.45) is 0 Å². The second-order valence-corrected chi connectivity index (χ2v) is 8.14. The van der Waals surface area contributed by atoms with Crippen molar-refractivity contribution in [3.63, 3.8) is 0 Å². The molecule has 6 heteroatoms. The fourth-order valence-electron chi connectivity index (χ4n) is 2.70. The largest absolute Gasteiger partial charge is 0.347 e. The predicted molar refractivity (Wildman–Crippen MR) is 115 cm³/mol. The zero-order valence-electron chi connectivity index (χ0n) is 16.6. The van der Waals surface area contributed by atoms with Crippen LogP contribution in [0.5, 0.6) is 0 Å². The minimum Gasteiger partial charge on any atom is -0.347 e. The van der Waals surface area contributed by atoms with Gasteiger partial charge in [-0.15, -0.1) is 11.3 Å². The second-order valence-electron chi connectivity index (χ2n) is 7.06. The average Bonchev–Trinajstić information content (AvgIpc) is 3.22. The van der Waals surface area contributed by atoms with Crippen molar-refractivity contribution in [1.82, 2.24) is 10.2 Å². The number of rotatable bonds is 6. The Balaban J connectivity index is 1.59. The quantitative estimate of drug-likeness (QED) is 0.624. The van der Waals surface area contributed by atoms with E-state index in [0.717, 1.165) is 16.0 Å². The van der Waals surface area contributed by atoms with Crippen LogP contribution >= 0.6 is 11.3 Å². The lowest BCUT2D eigenvalue weighted by atomic mass is 10.1. The first-order valence-corrected chi connectivity index (χ1v) is 10.2. The monoisotopic (exact) mass is 410 g/mol. The first kappa shape index (κ1) is 20.7. The van der Waals surface area contributed by atoms with Gasteiger partial charge >= 0.3 is 0 Å². The van der Waals surface area contributed by atoms with Crippen molar-refractivity contribution in [3.05, 3.63) is 82.5 Å². The summed E-state index contributed by atoms with van der Waals surface area (Å²) in [6, 6.07) is 17.2. The zero-order valence-corrected chi connectivity index (χ0v) is 17.4. The number of hydrogen-bond donors (Lipinski definition) is 1. The maximum Gasteiger partial charge on any atom is 0.261 e. The molecule has 0 radical (unpaired) electrons. The van der Waals surface area contributed by atoms with Crippen LogP contribution in [-0.2, 0) is 6.54 Å². The molecule has 150 valence electrons. The van der Waals surface area contributed by atoms with Gasteiger partial charge in [0.15, 0.2) is 0 Å². The molecule has 3 rings (SSSR count). The minimum absolute atomic E-state index is 0.0255. The molecule has 0 saturated heterocycles. The molecule has 1 N–H and O–H groups in total. The molecule has 0 atom stereocenters. The van der Waals surface area contributed by atoms with Gasteiger partial charge < -0.3 is 10.2 Å². The molecule has 0 aliphatic rings. The summed E-state index contributed by atoms with van der Waals surface area (Å²) in [6.07, 6.45) is 0. The molecule has 1 heterocycles. The molecule has 0 aliphatic carbocycles. The van der Waals surface area contributed by atoms with Crippen LogP contribution < -0.4 is 5.32 Å². The smallest absolute Gasteiger partial charge is 0.261 e.